The Bertz CT molecular complexity index is 458. The summed E-state index contributed by atoms with van der Waals surface area (Å²) < 4.78 is 16.1. The van der Waals surface area contributed by atoms with Crippen molar-refractivity contribution in [3.05, 3.63) is 0 Å². The quantitative estimate of drug-likeness (QED) is 0.182. The van der Waals surface area contributed by atoms with Crippen LogP contribution < -0.4 is 5.32 Å². The minimum Gasteiger partial charge on any atom is -0.469 e. The topological polar surface area (TPSA) is 72.4 Å². The maximum atomic E-state index is 11.9. The molecule has 0 spiro atoms. The average molecular weight is 497 g/mol. The van der Waals surface area contributed by atoms with Gasteiger partial charge in [0, 0.05) is 52.6 Å². The Morgan fingerprint density at radius 1 is 1.30 bits per heavy atom. The summed E-state index contributed by atoms with van der Waals surface area (Å²) in [6, 6.07) is 0. The Balaban J connectivity index is 0.00000364. The predicted molar refractivity (Wildman–Crippen MR) is 117 cm³/mol. The number of carbonyl (C=O) groups excluding carboxylic acids is 1. The third kappa shape index (κ3) is 8.11. The van der Waals surface area contributed by atoms with E-state index in [1.54, 1.807) is 0 Å². The highest BCUT2D eigenvalue weighted by Crippen LogP contribution is 2.24. The molecular weight excluding hydrogens is 461 g/mol. The molecule has 0 amide bonds. The lowest BCUT2D eigenvalue weighted by atomic mass is 9.99. The van der Waals surface area contributed by atoms with Gasteiger partial charge in [-0.15, -0.1) is 24.0 Å². The van der Waals surface area contributed by atoms with Gasteiger partial charge in [0.2, 0.25) is 0 Å². The van der Waals surface area contributed by atoms with Crippen molar-refractivity contribution in [1.82, 2.24) is 10.2 Å². The number of aliphatic imine (C=N–C) groups is 1. The van der Waals surface area contributed by atoms with E-state index in [1.165, 1.54) is 7.11 Å². The first-order valence-corrected chi connectivity index (χ1v) is 9.92. The predicted octanol–water partition coefficient (Wildman–Crippen LogP) is 2.14. The zero-order chi connectivity index (χ0) is 18.8. The number of nitrogens with one attached hydrogen (secondary N) is 1. The molecule has 2 rings (SSSR count). The van der Waals surface area contributed by atoms with Crippen LogP contribution >= 0.6 is 24.0 Å². The van der Waals surface area contributed by atoms with Gasteiger partial charge in [-0.2, -0.15) is 0 Å². The largest absolute Gasteiger partial charge is 0.469 e. The minimum absolute atomic E-state index is 0. The summed E-state index contributed by atoms with van der Waals surface area (Å²) in [5.41, 5.74) is 0. The van der Waals surface area contributed by atoms with Gasteiger partial charge in [0.25, 0.3) is 0 Å². The van der Waals surface area contributed by atoms with Gasteiger partial charge in [-0.05, 0) is 38.0 Å². The maximum absolute atomic E-state index is 11.9. The summed E-state index contributed by atoms with van der Waals surface area (Å²) in [7, 11) is 1.46. The van der Waals surface area contributed by atoms with Crippen LogP contribution in [-0.4, -0.2) is 76.5 Å². The van der Waals surface area contributed by atoms with Crippen LogP contribution in [0.1, 0.15) is 33.1 Å². The molecule has 0 bridgehead atoms. The fourth-order valence-corrected chi connectivity index (χ4v) is 3.54. The molecule has 1 N–H and O–H groups in total. The summed E-state index contributed by atoms with van der Waals surface area (Å²) >= 11 is 0. The van der Waals surface area contributed by atoms with Crippen molar-refractivity contribution >= 4 is 35.9 Å². The number of esters is 1. The average Bonchev–Trinajstić information content (AvgIpc) is 3.05. The monoisotopic (exact) mass is 497 g/mol. The van der Waals surface area contributed by atoms with Gasteiger partial charge in [0.1, 0.15) is 0 Å². The maximum Gasteiger partial charge on any atom is 0.310 e. The summed E-state index contributed by atoms with van der Waals surface area (Å²) in [5, 5.41) is 3.33. The molecule has 2 heterocycles. The molecule has 0 aliphatic carbocycles. The molecule has 2 unspecified atom stereocenters. The molecule has 0 radical (unpaired) electrons. The Kier molecular flexibility index (Phi) is 12.3. The molecule has 158 valence electrons. The molecule has 7 nitrogen and oxygen atoms in total. The molecule has 0 saturated carbocycles. The number of nitrogens with zero attached hydrogens (tertiary/aromatic N) is 2. The van der Waals surface area contributed by atoms with E-state index in [9.17, 15) is 4.79 Å². The van der Waals surface area contributed by atoms with Gasteiger partial charge in [0.15, 0.2) is 5.96 Å². The molecule has 0 aromatic heterocycles. The van der Waals surface area contributed by atoms with Crippen LogP contribution in [0, 0.1) is 17.8 Å². The standard InChI is InChI=1S/C19H35N3O4.HI/c1-4-20-19(22-12-15(2)17(13-22)18(23)24-3)21-8-5-9-26-14-16-6-10-25-11-7-16;/h15-17H,4-14H2,1-3H3,(H,20,21);1H. The van der Waals surface area contributed by atoms with Crippen molar-refractivity contribution in [3.63, 3.8) is 0 Å². The van der Waals surface area contributed by atoms with Crippen molar-refractivity contribution in [1.29, 1.82) is 0 Å². The second-order valence-electron chi connectivity index (χ2n) is 7.23. The van der Waals surface area contributed by atoms with Crippen molar-refractivity contribution < 1.29 is 19.0 Å². The number of carbonyl (C=O) groups is 1. The van der Waals surface area contributed by atoms with E-state index < -0.39 is 0 Å². The van der Waals surface area contributed by atoms with Crippen molar-refractivity contribution in [2.45, 2.75) is 33.1 Å². The van der Waals surface area contributed by atoms with E-state index >= 15 is 0 Å². The lowest BCUT2D eigenvalue weighted by Gasteiger charge is -2.22. The normalized spacial score (nSPS) is 23.8. The van der Waals surface area contributed by atoms with Crippen molar-refractivity contribution in [3.8, 4) is 0 Å². The molecule has 2 saturated heterocycles. The first-order valence-electron chi connectivity index (χ1n) is 9.92. The first-order chi connectivity index (χ1) is 12.7. The summed E-state index contributed by atoms with van der Waals surface area (Å²) in [6.07, 6.45) is 3.12. The highest BCUT2D eigenvalue weighted by molar-refractivity contribution is 14.0. The SMILES string of the molecule is CCNC(=NCCCOCC1CCOCC1)N1CC(C)C(C(=O)OC)C1.I. The van der Waals surface area contributed by atoms with Crippen molar-refractivity contribution in [2.24, 2.45) is 22.7 Å². The van der Waals surface area contributed by atoms with Crippen LogP contribution in [0.5, 0.6) is 0 Å². The number of ether oxygens (including phenoxy) is 3. The first kappa shape index (κ1) is 24.4. The second-order valence-corrected chi connectivity index (χ2v) is 7.23. The molecule has 2 atom stereocenters. The van der Waals surface area contributed by atoms with Gasteiger partial charge in [-0.25, -0.2) is 0 Å². The summed E-state index contributed by atoms with van der Waals surface area (Å²) in [6.45, 7) is 10.5. The minimum atomic E-state index is -0.127. The van der Waals surface area contributed by atoms with Gasteiger partial charge >= 0.3 is 5.97 Å². The molecule has 0 aromatic carbocycles. The molecule has 2 aliphatic heterocycles. The number of likely N-dealkylation sites (tertiary alicyclic amines) is 1. The number of halogens is 1. The van der Waals surface area contributed by atoms with Gasteiger partial charge in [-0.1, -0.05) is 6.92 Å². The van der Waals surface area contributed by atoms with E-state index in [-0.39, 0.29) is 41.8 Å². The highest BCUT2D eigenvalue weighted by atomic mass is 127. The molecule has 8 heteroatoms. The molecule has 2 aliphatic rings. The van der Waals surface area contributed by atoms with Crippen LogP contribution in [0.15, 0.2) is 4.99 Å². The zero-order valence-corrected chi connectivity index (χ0v) is 19.3. The molecule has 0 aromatic rings. The zero-order valence-electron chi connectivity index (χ0n) is 16.9. The number of hydrogen-bond acceptors (Lipinski definition) is 5. The number of methoxy groups -OCH3 is 1. The third-order valence-electron chi connectivity index (χ3n) is 5.15. The fourth-order valence-electron chi connectivity index (χ4n) is 3.54. The van der Waals surface area contributed by atoms with Crippen LogP contribution in [0.4, 0.5) is 0 Å². The Labute approximate surface area is 180 Å². The highest BCUT2D eigenvalue weighted by Gasteiger charge is 2.36. The smallest absolute Gasteiger partial charge is 0.310 e. The van der Waals surface area contributed by atoms with E-state index in [2.05, 4.69) is 24.1 Å². The molecule has 27 heavy (non-hydrogen) atoms. The number of guanidine groups is 1. The summed E-state index contributed by atoms with van der Waals surface area (Å²) in [4.78, 5) is 18.8. The van der Waals surface area contributed by atoms with Crippen LogP contribution in [0.3, 0.4) is 0 Å². The van der Waals surface area contributed by atoms with Gasteiger partial charge in [-0.3, -0.25) is 9.79 Å². The Morgan fingerprint density at radius 3 is 2.70 bits per heavy atom. The Hall–Kier alpha value is -0.610. The molecular formula is C19H36IN3O4. The third-order valence-corrected chi connectivity index (χ3v) is 5.15. The van der Waals surface area contributed by atoms with E-state index in [4.69, 9.17) is 19.2 Å². The Morgan fingerprint density at radius 2 is 2.04 bits per heavy atom. The van der Waals surface area contributed by atoms with Crippen molar-refractivity contribution in [2.75, 3.05) is 59.7 Å². The van der Waals surface area contributed by atoms with E-state index in [0.717, 1.165) is 71.3 Å². The summed E-state index contributed by atoms with van der Waals surface area (Å²) in [5.74, 6) is 1.60. The van der Waals surface area contributed by atoms with Gasteiger partial charge < -0.3 is 24.4 Å². The van der Waals surface area contributed by atoms with Crippen LogP contribution in [-0.2, 0) is 19.0 Å². The fraction of sp³-hybridized carbons (Fsp3) is 0.895. The lowest BCUT2D eigenvalue weighted by molar-refractivity contribution is -0.145. The number of hydrogen-bond donors (Lipinski definition) is 1. The van der Waals surface area contributed by atoms with Gasteiger partial charge in [0.05, 0.1) is 13.0 Å². The van der Waals surface area contributed by atoms with Crippen LogP contribution in [0.25, 0.3) is 0 Å². The van der Waals surface area contributed by atoms with E-state index in [1.807, 2.05) is 0 Å². The van der Waals surface area contributed by atoms with Crippen LogP contribution in [0.2, 0.25) is 0 Å². The van der Waals surface area contributed by atoms with E-state index in [0.29, 0.717) is 12.5 Å². The lowest BCUT2D eigenvalue weighted by Crippen LogP contribution is -2.40. The number of rotatable bonds is 8. The second kappa shape index (κ2) is 13.5. The molecule has 2 fully saturated rings.